The second kappa shape index (κ2) is 6.93. The maximum absolute atomic E-state index is 11.8. The zero-order valence-corrected chi connectivity index (χ0v) is 15.7. The molecule has 0 bridgehead atoms. The van der Waals surface area contributed by atoms with Gasteiger partial charge in [0.2, 0.25) is 0 Å². The predicted octanol–water partition coefficient (Wildman–Crippen LogP) is 5.25. The number of hydrogen-bond acceptors (Lipinski definition) is 4. The Balaban J connectivity index is 1.80. The molecule has 0 spiro atoms. The van der Waals surface area contributed by atoms with Gasteiger partial charge in [-0.15, -0.1) is 0 Å². The summed E-state index contributed by atoms with van der Waals surface area (Å²) < 4.78 is 5.02. The van der Waals surface area contributed by atoms with Gasteiger partial charge < -0.3 is 15.0 Å². The molecule has 2 heterocycles. The number of benzene rings is 2. The Morgan fingerprint density at radius 2 is 1.96 bits per heavy atom. The number of aromatic nitrogens is 2. The van der Waals surface area contributed by atoms with Crippen LogP contribution in [0.25, 0.3) is 33.2 Å². The zero-order chi connectivity index (χ0) is 19.0. The van der Waals surface area contributed by atoms with E-state index < -0.39 is 0 Å². The number of carbonyl (C=O) groups excluding carboxylic acids is 1. The molecular weight excluding hydrogens is 362 g/mol. The fourth-order valence-corrected chi connectivity index (χ4v) is 3.45. The third kappa shape index (κ3) is 3.00. The molecule has 0 aliphatic carbocycles. The fraction of sp³-hybridized carbons (Fsp3) is 0.143. The van der Waals surface area contributed by atoms with Crippen LogP contribution in [-0.4, -0.2) is 29.6 Å². The maximum atomic E-state index is 11.8. The quantitative estimate of drug-likeness (QED) is 0.475. The van der Waals surface area contributed by atoms with Gasteiger partial charge in [-0.3, -0.25) is 0 Å². The van der Waals surface area contributed by atoms with Gasteiger partial charge in [0.1, 0.15) is 5.65 Å². The monoisotopic (exact) mass is 379 g/mol. The van der Waals surface area contributed by atoms with Crippen molar-refractivity contribution in [2.75, 3.05) is 19.0 Å². The van der Waals surface area contributed by atoms with Gasteiger partial charge in [-0.25, -0.2) is 9.78 Å². The highest BCUT2D eigenvalue weighted by Gasteiger charge is 2.14. The Morgan fingerprint density at radius 1 is 1.19 bits per heavy atom. The molecule has 0 saturated carbocycles. The number of carbonyl (C=O) groups is 1. The Bertz CT molecular complexity index is 1150. The molecule has 0 unspecified atom stereocenters. The summed E-state index contributed by atoms with van der Waals surface area (Å²) in [5.41, 5.74) is 4.82. The summed E-state index contributed by atoms with van der Waals surface area (Å²) >= 11 is 6.66. The molecule has 4 aromatic rings. The molecule has 0 atom stereocenters. The number of H-pyrrole nitrogens is 1. The Morgan fingerprint density at radius 3 is 2.67 bits per heavy atom. The van der Waals surface area contributed by atoms with Crippen molar-refractivity contribution in [2.45, 2.75) is 6.92 Å². The number of rotatable bonds is 4. The van der Waals surface area contributed by atoms with E-state index >= 15 is 0 Å². The summed E-state index contributed by atoms with van der Waals surface area (Å²) in [7, 11) is 1.86. The third-order valence-corrected chi connectivity index (χ3v) is 4.91. The predicted molar refractivity (Wildman–Crippen MR) is 110 cm³/mol. The minimum absolute atomic E-state index is 0.323. The van der Waals surface area contributed by atoms with Crippen LogP contribution in [0.4, 0.5) is 5.69 Å². The molecule has 2 aromatic carbocycles. The highest BCUT2D eigenvalue weighted by molar-refractivity contribution is 6.40. The van der Waals surface area contributed by atoms with Gasteiger partial charge in [-0.1, -0.05) is 35.9 Å². The van der Waals surface area contributed by atoms with Gasteiger partial charge in [-0.05, 0) is 36.8 Å². The van der Waals surface area contributed by atoms with E-state index in [1.807, 2.05) is 43.4 Å². The summed E-state index contributed by atoms with van der Waals surface area (Å²) in [6.07, 6.45) is 0. The lowest BCUT2D eigenvalue weighted by atomic mass is 10.1. The van der Waals surface area contributed by atoms with Crippen LogP contribution in [0.3, 0.4) is 0 Å². The molecule has 0 aliphatic rings. The largest absolute Gasteiger partial charge is 0.462 e. The van der Waals surface area contributed by atoms with Crippen molar-refractivity contribution in [3.05, 3.63) is 59.1 Å². The van der Waals surface area contributed by atoms with Gasteiger partial charge in [0.15, 0.2) is 0 Å². The lowest BCUT2D eigenvalue weighted by Gasteiger charge is -2.06. The van der Waals surface area contributed by atoms with E-state index in [2.05, 4.69) is 10.3 Å². The van der Waals surface area contributed by atoms with Crippen molar-refractivity contribution in [3.63, 3.8) is 0 Å². The molecule has 0 fully saturated rings. The zero-order valence-electron chi connectivity index (χ0n) is 15.0. The molecule has 0 radical (unpaired) electrons. The molecule has 4 rings (SSSR count). The number of fused-ring (bicyclic) bond motifs is 2. The average molecular weight is 380 g/mol. The van der Waals surface area contributed by atoms with E-state index in [1.165, 1.54) is 0 Å². The summed E-state index contributed by atoms with van der Waals surface area (Å²) in [5, 5.41) is 5.58. The van der Waals surface area contributed by atoms with E-state index in [9.17, 15) is 4.79 Å². The second-order valence-corrected chi connectivity index (χ2v) is 6.50. The van der Waals surface area contributed by atoms with Crippen LogP contribution in [-0.2, 0) is 4.74 Å². The van der Waals surface area contributed by atoms with E-state index in [1.54, 1.807) is 19.1 Å². The SMILES string of the molecule is CCOC(=O)c1ccc(-c2cc3c(Cl)c4cccc(NC)c4nc3[nH]2)cc1. The molecule has 27 heavy (non-hydrogen) atoms. The highest BCUT2D eigenvalue weighted by Crippen LogP contribution is 2.35. The molecule has 0 aliphatic heterocycles. The van der Waals surface area contributed by atoms with Gasteiger partial charge in [-0.2, -0.15) is 0 Å². The summed E-state index contributed by atoms with van der Waals surface area (Å²) in [4.78, 5) is 19.9. The second-order valence-electron chi connectivity index (χ2n) is 6.12. The van der Waals surface area contributed by atoms with Crippen molar-refractivity contribution in [2.24, 2.45) is 0 Å². The molecule has 0 saturated heterocycles. The van der Waals surface area contributed by atoms with Gasteiger partial charge in [0.05, 0.1) is 28.4 Å². The molecule has 136 valence electrons. The standard InChI is InChI=1S/C21H18ClN3O2/c1-3-27-21(26)13-9-7-12(8-10-13)17-11-15-18(22)14-5-4-6-16(23-2)19(14)25-20(15)24-17/h4-11,23H,3H2,1-2H3,(H,24,25). The number of hydrogen-bond donors (Lipinski definition) is 2. The van der Waals surface area contributed by atoms with Crippen LogP contribution in [0.15, 0.2) is 48.5 Å². The Hall–Kier alpha value is -3.05. The number of anilines is 1. The number of halogens is 1. The number of para-hydroxylation sites is 1. The van der Waals surface area contributed by atoms with Crippen LogP contribution in [0.1, 0.15) is 17.3 Å². The molecule has 0 amide bonds. The smallest absolute Gasteiger partial charge is 0.338 e. The number of ether oxygens (including phenoxy) is 1. The lowest BCUT2D eigenvalue weighted by Crippen LogP contribution is -2.03. The minimum atomic E-state index is -0.323. The first-order valence-corrected chi connectivity index (χ1v) is 9.06. The van der Waals surface area contributed by atoms with Crippen molar-refractivity contribution in [1.29, 1.82) is 0 Å². The first-order valence-electron chi connectivity index (χ1n) is 8.68. The van der Waals surface area contributed by atoms with E-state index in [0.717, 1.165) is 38.9 Å². The van der Waals surface area contributed by atoms with E-state index in [-0.39, 0.29) is 5.97 Å². The average Bonchev–Trinajstić information content (AvgIpc) is 3.12. The van der Waals surface area contributed by atoms with Crippen LogP contribution in [0.5, 0.6) is 0 Å². The summed E-state index contributed by atoms with van der Waals surface area (Å²) in [6.45, 7) is 2.14. The van der Waals surface area contributed by atoms with Crippen molar-refractivity contribution < 1.29 is 9.53 Å². The molecule has 2 N–H and O–H groups in total. The third-order valence-electron chi connectivity index (χ3n) is 4.51. The fourth-order valence-electron chi connectivity index (χ4n) is 3.15. The summed E-state index contributed by atoms with van der Waals surface area (Å²) in [6, 6.07) is 15.1. The van der Waals surface area contributed by atoms with Crippen LogP contribution >= 0.6 is 11.6 Å². The van der Waals surface area contributed by atoms with Crippen LogP contribution < -0.4 is 5.32 Å². The number of esters is 1. The van der Waals surface area contributed by atoms with Crippen molar-refractivity contribution in [1.82, 2.24) is 9.97 Å². The summed E-state index contributed by atoms with van der Waals surface area (Å²) in [5.74, 6) is -0.323. The van der Waals surface area contributed by atoms with E-state index in [4.69, 9.17) is 21.3 Å². The van der Waals surface area contributed by atoms with Crippen LogP contribution in [0, 0.1) is 0 Å². The first-order chi connectivity index (χ1) is 13.1. The van der Waals surface area contributed by atoms with Crippen molar-refractivity contribution >= 4 is 45.2 Å². The molecule has 6 heteroatoms. The molecule has 2 aromatic heterocycles. The number of nitrogens with one attached hydrogen (secondary N) is 2. The molecule has 5 nitrogen and oxygen atoms in total. The number of aromatic amines is 1. The van der Waals surface area contributed by atoms with Gasteiger partial charge >= 0.3 is 5.97 Å². The van der Waals surface area contributed by atoms with Crippen molar-refractivity contribution in [3.8, 4) is 11.3 Å². The maximum Gasteiger partial charge on any atom is 0.338 e. The first kappa shape index (κ1) is 17.4. The van der Waals surface area contributed by atoms with Gasteiger partial charge in [0, 0.05) is 23.5 Å². The number of nitrogens with zero attached hydrogens (tertiary/aromatic N) is 1. The Labute approximate surface area is 161 Å². The highest BCUT2D eigenvalue weighted by atomic mass is 35.5. The van der Waals surface area contributed by atoms with Gasteiger partial charge in [0.25, 0.3) is 0 Å². The Kier molecular flexibility index (Phi) is 4.46. The van der Waals surface area contributed by atoms with E-state index in [0.29, 0.717) is 17.2 Å². The van der Waals surface area contributed by atoms with Crippen LogP contribution in [0.2, 0.25) is 5.02 Å². The molecular formula is C21H18ClN3O2. The minimum Gasteiger partial charge on any atom is -0.462 e. The lowest BCUT2D eigenvalue weighted by molar-refractivity contribution is 0.0526. The normalized spacial score (nSPS) is 11.1. The number of pyridine rings is 1. The topological polar surface area (TPSA) is 67.0 Å².